The monoisotopic (exact) mass is 293 g/mol. The summed E-state index contributed by atoms with van der Waals surface area (Å²) in [6, 6.07) is 6.94. The minimum atomic E-state index is -0.609. The number of rotatable bonds is 7. The number of nitrogens with one attached hydrogen (secondary N) is 4. The summed E-state index contributed by atoms with van der Waals surface area (Å²) in [5, 5.41) is 11.1. The Morgan fingerprint density at radius 1 is 1.24 bits per heavy atom. The molecule has 6 N–H and O–H groups in total. The van der Waals surface area contributed by atoms with Crippen LogP contribution in [0.5, 0.6) is 0 Å². The van der Waals surface area contributed by atoms with Crippen LogP contribution >= 0.6 is 0 Å². The van der Waals surface area contributed by atoms with Crippen LogP contribution in [-0.2, 0) is 0 Å². The van der Waals surface area contributed by atoms with Gasteiger partial charge in [-0.25, -0.2) is 9.59 Å². The smallest absolute Gasteiger partial charge is 0.319 e. The number of carbonyl (C=O) groups is 2. The van der Waals surface area contributed by atoms with Crippen LogP contribution in [0.1, 0.15) is 25.5 Å². The van der Waals surface area contributed by atoms with Crippen molar-refractivity contribution in [2.24, 2.45) is 5.73 Å². The Balaban J connectivity index is 2.45. The van der Waals surface area contributed by atoms with Gasteiger partial charge in [0.25, 0.3) is 0 Å². The summed E-state index contributed by atoms with van der Waals surface area (Å²) >= 11 is 0. The number of carbonyl (C=O) groups excluding carboxylic acids is 2. The molecule has 0 spiro atoms. The molecule has 0 fully saturated rings. The standard InChI is InChI=1S/C14H23N5O2/c1-3-16-10(2)11-5-4-6-12(9-11)19-14(21)18-8-7-17-13(15)20/h4-6,9-10,16H,3,7-8H2,1-2H3,(H3,15,17,20)(H2,18,19,21). The Morgan fingerprint density at radius 2 is 1.95 bits per heavy atom. The zero-order chi connectivity index (χ0) is 15.7. The number of nitrogens with two attached hydrogens (primary N) is 1. The maximum absolute atomic E-state index is 11.7. The molecule has 21 heavy (non-hydrogen) atoms. The molecule has 4 amide bonds. The van der Waals surface area contributed by atoms with Crippen LogP contribution in [0, 0.1) is 0 Å². The lowest BCUT2D eigenvalue weighted by atomic mass is 10.1. The highest BCUT2D eigenvalue weighted by atomic mass is 16.2. The number of benzene rings is 1. The first-order chi connectivity index (χ1) is 10.0. The second-order valence-corrected chi connectivity index (χ2v) is 4.58. The molecule has 0 heterocycles. The molecule has 0 aromatic heterocycles. The van der Waals surface area contributed by atoms with Crippen LogP contribution in [0.2, 0.25) is 0 Å². The van der Waals surface area contributed by atoms with Crippen LogP contribution < -0.4 is 27.0 Å². The summed E-state index contributed by atoms with van der Waals surface area (Å²) in [6.07, 6.45) is 0. The molecule has 7 heteroatoms. The predicted molar refractivity (Wildman–Crippen MR) is 83.1 cm³/mol. The highest BCUT2D eigenvalue weighted by Crippen LogP contribution is 2.17. The van der Waals surface area contributed by atoms with E-state index in [9.17, 15) is 9.59 Å². The minimum absolute atomic E-state index is 0.222. The maximum atomic E-state index is 11.7. The number of hydrogen-bond donors (Lipinski definition) is 5. The first-order valence-electron chi connectivity index (χ1n) is 6.94. The van der Waals surface area contributed by atoms with Crippen molar-refractivity contribution in [2.45, 2.75) is 19.9 Å². The van der Waals surface area contributed by atoms with E-state index in [1.807, 2.05) is 31.2 Å². The molecule has 1 atom stereocenters. The Hall–Kier alpha value is -2.28. The van der Waals surface area contributed by atoms with Crippen molar-refractivity contribution in [3.05, 3.63) is 29.8 Å². The summed E-state index contributed by atoms with van der Waals surface area (Å²) in [6.45, 7) is 5.60. The van der Waals surface area contributed by atoms with Gasteiger partial charge in [0.05, 0.1) is 0 Å². The van der Waals surface area contributed by atoms with Gasteiger partial charge in [-0.2, -0.15) is 0 Å². The van der Waals surface area contributed by atoms with E-state index in [-0.39, 0.29) is 12.1 Å². The van der Waals surface area contributed by atoms with Crippen molar-refractivity contribution in [3.63, 3.8) is 0 Å². The fourth-order valence-electron chi connectivity index (χ4n) is 1.85. The van der Waals surface area contributed by atoms with Crippen molar-refractivity contribution < 1.29 is 9.59 Å². The molecule has 116 valence electrons. The summed E-state index contributed by atoms with van der Waals surface area (Å²) < 4.78 is 0. The van der Waals surface area contributed by atoms with Crippen LogP contribution in [-0.4, -0.2) is 31.7 Å². The second kappa shape index (κ2) is 8.80. The van der Waals surface area contributed by atoms with Crippen molar-refractivity contribution >= 4 is 17.7 Å². The first kappa shape index (κ1) is 16.8. The highest BCUT2D eigenvalue weighted by molar-refractivity contribution is 5.89. The minimum Gasteiger partial charge on any atom is -0.352 e. The average molecular weight is 293 g/mol. The highest BCUT2D eigenvalue weighted by Gasteiger charge is 2.06. The zero-order valence-corrected chi connectivity index (χ0v) is 12.4. The lowest BCUT2D eigenvalue weighted by Crippen LogP contribution is -2.38. The third kappa shape index (κ3) is 6.62. The van der Waals surface area contributed by atoms with Crippen molar-refractivity contribution in [1.29, 1.82) is 0 Å². The normalized spacial score (nSPS) is 11.5. The topological polar surface area (TPSA) is 108 Å². The van der Waals surface area contributed by atoms with Crippen LogP contribution in [0.3, 0.4) is 0 Å². The number of urea groups is 2. The van der Waals surface area contributed by atoms with Crippen LogP contribution in [0.15, 0.2) is 24.3 Å². The first-order valence-corrected chi connectivity index (χ1v) is 6.94. The van der Waals surface area contributed by atoms with Crippen molar-refractivity contribution in [3.8, 4) is 0 Å². The molecule has 0 radical (unpaired) electrons. The van der Waals surface area contributed by atoms with E-state index in [1.54, 1.807) is 0 Å². The van der Waals surface area contributed by atoms with Crippen LogP contribution in [0.4, 0.5) is 15.3 Å². The molecule has 7 nitrogen and oxygen atoms in total. The Kier molecular flexibility index (Phi) is 7.03. The van der Waals surface area contributed by atoms with E-state index in [1.165, 1.54) is 0 Å². The molecule has 0 aliphatic heterocycles. The average Bonchev–Trinajstić information content (AvgIpc) is 2.44. The van der Waals surface area contributed by atoms with Gasteiger partial charge in [0, 0.05) is 24.8 Å². The molecule has 0 aliphatic rings. The molecule has 0 bridgehead atoms. The van der Waals surface area contributed by atoms with Gasteiger partial charge < -0.3 is 27.0 Å². The molecule has 1 rings (SSSR count). The zero-order valence-electron chi connectivity index (χ0n) is 12.4. The van der Waals surface area contributed by atoms with Gasteiger partial charge in [0.15, 0.2) is 0 Å². The molecule has 0 saturated carbocycles. The molecule has 1 aromatic rings. The number of amides is 4. The van der Waals surface area contributed by atoms with E-state index in [4.69, 9.17) is 5.73 Å². The van der Waals surface area contributed by atoms with E-state index in [0.717, 1.165) is 17.8 Å². The SMILES string of the molecule is CCNC(C)c1cccc(NC(=O)NCCNC(N)=O)c1. The van der Waals surface area contributed by atoms with Crippen molar-refractivity contribution in [1.82, 2.24) is 16.0 Å². The molecular weight excluding hydrogens is 270 g/mol. The van der Waals surface area contributed by atoms with Gasteiger partial charge in [0.1, 0.15) is 0 Å². The number of hydrogen-bond acceptors (Lipinski definition) is 3. The summed E-state index contributed by atoms with van der Waals surface area (Å²) in [7, 11) is 0. The van der Waals surface area contributed by atoms with E-state index >= 15 is 0 Å². The predicted octanol–water partition coefficient (Wildman–Crippen LogP) is 1.15. The summed E-state index contributed by atoms with van der Waals surface area (Å²) in [5.41, 5.74) is 6.74. The van der Waals surface area contributed by atoms with Gasteiger partial charge in [-0.1, -0.05) is 19.1 Å². The lowest BCUT2D eigenvalue weighted by Gasteiger charge is -2.14. The molecular formula is C14H23N5O2. The molecule has 0 saturated heterocycles. The fourth-order valence-corrected chi connectivity index (χ4v) is 1.85. The largest absolute Gasteiger partial charge is 0.352 e. The maximum Gasteiger partial charge on any atom is 0.319 e. The number of anilines is 1. The van der Waals surface area contributed by atoms with E-state index in [0.29, 0.717) is 13.1 Å². The van der Waals surface area contributed by atoms with E-state index in [2.05, 4.69) is 28.2 Å². The van der Waals surface area contributed by atoms with Gasteiger partial charge in [-0.15, -0.1) is 0 Å². The summed E-state index contributed by atoms with van der Waals surface area (Å²) in [4.78, 5) is 22.1. The molecule has 0 aliphatic carbocycles. The Labute approximate surface area is 124 Å². The fraction of sp³-hybridized carbons (Fsp3) is 0.429. The Bertz CT molecular complexity index is 478. The number of primary amides is 1. The summed E-state index contributed by atoms with van der Waals surface area (Å²) in [5.74, 6) is 0. The quantitative estimate of drug-likeness (QED) is 0.486. The van der Waals surface area contributed by atoms with Crippen molar-refractivity contribution in [2.75, 3.05) is 25.0 Å². The van der Waals surface area contributed by atoms with E-state index < -0.39 is 6.03 Å². The molecule has 1 unspecified atom stereocenters. The third-order valence-electron chi connectivity index (χ3n) is 2.86. The van der Waals surface area contributed by atoms with Gasteiger partial charge in [0.2, 0.25) is 0 Å². The van der Waals surface area contributed by atoms with Crippen LogP contribution in [0.25, 0.3) is 0 Å². The second-order valence-electron chi connectivity index (χ2n) is 4.58. The molecule has 1 aromatic carbocycles. The van der Waals surface area contributed by atoms with Gasteiger partial charge in [-0.3, -0.25) is 0 Å². The lowest BCUT2D eigenvalue weighted by molar-refractivity contribution is 0.246. The van der Waals surface area contributed by atoms with Gasteiger partial charge in [-0.05, 0) is 31.2 Å². The Morgan fingerprint density at radius 3 is 2.62 bits per heavy atom. The third-order valence-corrected chi connectivity index (χ3v) is 2.86. The van der Waals surface area contributed by atoms with Gasteiger partial charge >= 0.3 is 12.1 Å².